The molecule has 2 rings (SSSR count). The van der Waals surface area contributed by atoms with Crippen LogP contribution in [0.25, 0.3) is 0 Å². The van der Waals surface area contributed by atoms with Crippen LogP contribution in [-0.4, -0.2) is 23.1 Å². The van der Waals surface area contributed by atoms with Crippen LogP contribution < -0.4 is 10.6 Å². The Morgan fingerprint density at radius 1 is 1.61 bits per heavy atom. The number of carboxylic acids is 1. The van der Waals surface area contributed by atoms with E-state index in [9.17, 15) is 4.79 Å². The minimum atomic E-state index is -1.05. The molecule has 0 saturated carbocycles. The Morgan fingerprint density at radius 2 is 2.39 bits per heavy atom. The molecule has 6 nitrogen and oxygen atoms in total. The van der Waals surface area contributed by atoms with E-state index >= 15 is 0 Å². The van der Waals surface area contributed by atoms with Crippen molar-refractivity contribution in [3.63, 3.8) is 0 Å². The number of nitrogen functional groups attached to an aromatic ring is 1. The topological polar surface area (TPSA) is 92.6 Å². The van der Waals surface area contributed by atoms with Gasteiger partial charge in [0.2, 0.25) is 0 Å². The fourth-order valence-electron chi connectivity index (χ4n) is 1.62. The first kappa shape index (κ1) is 12.0. The maximum Gasteiger partial charge on any atom is 0.337 e. The second-order valence-corrected chi connectivity index (χ2v) is 3.88. The number of nitrogens with zero attached hydrogens (tertiary/aromatic N) is 2. The van der Waals surface area contributed by atoms with Crippen molar-refractivity contribution in [2.75, 3.05) is 17.7 Å². The van der Waals surface area contributed by atoms with E-state index in [2.05, 4.69) is 4.98 Å². The summed E-state index contributed by atoms with van der Waals surface area (Å²) in [4.78, 5) is 16.6. The highest BCUT2D eigenvalue weighted by Gasteiger charge is 2.12. The molecule has 6 heteroatoms. The van der Waals surface area contributed by atoms with E-state index in [-0.39, 0.29) is 5.56 Å². The summed E-state index contributed by atoms with van der Waals surface area (Å²) in [6.45, 7) is 0.511. The van der Waals surface area contributed by atoms with Gasteiger partial charge < -0.3 is 20.2 Å². The van der Waals surface area contributed by atoms with E-state index in [4.69, 9.17) is 15.3 Å². The summed E-state index contributed by atoms with van der Waals surface area (Å²) >= 11 is 0. The summed E-state index contributed by atoms with van der Waals surface area (Å²) in [6.07, 6.45) is 2.88. The Labute approximate surface area is 104 Å². The zero-order valence-corrected chi connectivity index (χ0v) is 9.83. The van der Waals surface area contributed by atoms with Crippen molar-refractivity contribution in [3.8, 4) is 0 Å². The lowest BCUT2D eigenvalue weighted by atomic mass is 10.2. The van der Waals surface area contributed by atoms with Crippen molar-refractivity contribution in [1.82, 2.24) is 4.98 Å². The number of furan rings is 1. The molecule has 0 bridgehead atoms. The molecular formula is C12H13N3O3. The van der Waals surface area contributed by atoms with Crippen molar-refractivity contribution >= 4 is 17.5 Å². The van der Waals surface area contributed by atoms with Gasteiger partial charge in [0.15, 0.2) is 5.82 Å². The smallest absolute Gasteiger partial charge is 0.337 e. The molecule has 2 aromatic heterocycles. The average Bonchev–Trinajstić information content (AvgIpc) is 2.81. The van der Waals surface area contributed by atoms with Crippen molar-refractivity contribution in [3.05, 3.63) is 42.0 Å². The van der Waals surface area contributed by atoms with Crippen LogP contribution in [0.5, 0.6) is 0 Å². The van der Waals surface area contributed by atoms with Crippen LogP contribution in [0.15, 0.2) is 35.1 Å². The molecule has 0 spiro atoms. The number of anilines is 2. The molecule has 0 aromatic carbocycles. The Balaban J connectivity index is 2.20. The summed E-state index contributed by atoms with van der Waals surface area (Å²) in [5.74, 6) is 0.256. The Kier molecular flexibility index (Phi) is 3.18. The number of nitrogens with two attached hydrogens (primary N) is 1. The maximum atomic E-state index is 10.8. The zero-order chi connectivity index (χ0) is 13.1. The first-order valence-electron chi connectivity index (χ1n) is 5.30. The number of hydrogen-bond acceptors (Lipinski definition) is 5. The van der Waals surface area contributed by atoms with Crippen LogP contribution in [0.2, 0.25) is 0 Å². The molecule has 2 heterocycles. The quantitative estimate of drug-likeness (QED) is 0.852. The minimum absolute atomic E-state index is 0.0719. The second-order valence-electron chi connectivity index (χ2n) is 3.88. The highest BCUT2D eigenvalue weighted by atomic mass is 16.4. The zero-order valence-electron chi connectivity index (χ0n) is 9.83. The Hall–Kier alpha value is -2.50. The van der Waals surface area contributed by atoms with Crippen LogP contribution in [-0.2, 0) is 6.54 Å². The van der Waals surface area contributed by atoms with Crippen LogP contribution in [0, 0.1) is 0 Å². The van der Waals surface area contributed by atoms with Crippen LogP contribution in [0.1, 0.15) is 16.1 Å². The maximum absolute atomic E-state index is 10.8. The lowest BCUT2D eigenvalue weighted by molar-refractivity contribution is 0.0696. The third-order valence-corrected chi connectivity index (χ3v) is 2.48. The summed E-state index contributed by atoms with van der Waals surface area (Å²) in [5, 5.41) is 8.82. The normalized spacial score (nSPS) is 10.3. The van der Waals surface area contributed by atoms with E-state index in [1.807, 2.05) is 13.1 Å². The molecule has 0 fully saturated rings. The van der Waals surface area contributed by atoms with Gasteiger partial charge in [0.25, 0.3) is 0 Å². The number of pyridine rings is 1. The predicted octanol–water partition coefficient (Wildman–Crippen LogP) is 1.59. The van der Waals surface area contributed by atoms with Gasteiger partial charge in [-0.1, -0.05) is 0 Å². The molecule has 3 N–H and O–H groups in total. The molecule has 0 aliphatic heterocycles. The van der Waals surface area contributed by atoms with E-state index in [1.54, 1.807) is 17.2 Å². The summed E-state index contributed by atoms with van der Waals surface area (Å²) in [7, 11) is 1.81. The second kappa shape index (κ2) is 4.79. The largest absolute Gasteiger partial charge is 0.478 e. The molecule has 94 valence electrons. The lowest BCUT2D eigenvalue weighted by Gasteiger charge is -2.18. The van der Waals surface area contributed by atoms with Gasteiger partial charge in [-0.05, 0) is 18.2 Å². The monoisotopic (exact) mass is 247 g/mol. The molecule has 0 atom stereocenters. The molecular weight excluding hydrogens is 234 g/mol. The van der Waals surface area contributed by atoms with E-state index in [0.717, 1.165) is 5.76 Å². The third kappa shape index (κ3) is 2.42. The Morgan fingerprint density at radius 3 is 2.94 bits per heavy atom. The number of hydrogen-bond donors (Lipinski definition) is 2. The third-order valence-electron chi connectivity index (χ3n) is 2.48. The first-order chi connectivity index (χ1) is 8.58. The van der Waals surface area contributed by atoms with Gasteiger partial charge in [-0.25, -0.2) is 9.78 Å². The number of aromatic carboxylic acids is 1. The summed E-state index contributed by atoms with van der Waals surface area (Å²) < 4.78 is 5.22. The highest BCUT2D eigenvalue weighted by Crippen LogP contribution is 2.21. The molecule has 0 saturated heterocycles. The van der Waals surface area contributed by atoms with Gasteiger partial charge in [-0.15, -0.1) is 0 Å². The molecule has 0 aliphatic carbocycles. The number of carbonyl (C=O) groups is 1. The Bertz CT molecular complexity index is 552. The van der Waals surface area contributed by atoms with Crippen LogP contribution >= 0.6 is 0 Å². The van der Waals surface area contributed by atoms with Gasteiger partial charge >= 0.3 is 5.97 Å². The van der Waals surface area contributed by atoms with Gasteiger partial charge in [0.1, 0.15) is 5.76 Å². The van der Waals surface area contributed by atoms with Gasteiger partial charge in [-0.2, -0.15) is 0 Å². The SMILES string of the molecule is CN(Cc1ccco1)c1ncc(C(=O)O)cc1N. The van der Waals surface area contributed by atoms with Gasteiger partial charge in [-0.3, -0.25) is 0 Å². The van der Waals surface area contributed by atoms with Gasteiger partial charge in [0, 0.05) is 13.2 Å². The summed E-state index contributed by atoms with van der Waals surface area (Å²) in [6, 6.07) is 5.04. The highest BCUT2D eigenvalue weighted by molar-refractivity contribution is 5.89. The van der Waals surface area contributed by atoms with Gasteiger partial charge in [0.05, 0.1) is 24.1 Å². The fourth-order valence-corrected chi connectivity index (χ4v) is 1.62. The minimum Gasteiger partial charge on any atom is -0.478 e. The molecule has 2 aromatic rings. The van der Waals surface area contributed by atoms with E-state index < -0.39 is 5.97 Å². The lowest BCUT2D eigenvalue weighted by Crippen LogP contribution is -2.19. The first-order valence-corrected chi connectivity index (χ1v) is 5.30. The number of aromatic nitrogens is 1. The standard InChI is InChI=1S/C12H13N3O3/c1-15(7-9-3-2-4-18-9)11-10(13)5-8(6-14-11)12(16)17/h2-6H,7,13H2,1H3,(H,16,17). The molecule has 0 radical (unpaired) electrons. The van der Waals surface area contributed by atoms with Crippen molar-refractivity contribution < 1.29 is 14.3 Å². The van der Waals surface area contributed by atoms with E-state index in [0.29, 0.717) is 18.1 Å². The fraction of sp³-hybridized carbons (Fsp3) is 0.167. The van der Waals surface area contributed by atoms with Crippen LogP contribution in [0.4, 0.5) is 11.5 Å². The predicted molar refractivity (Wildman–Crippen MR) is 66.4 cm³/mol. The molecule has 0 aliphatic rings. The molecule has 0 amide bonds. The average molecular weight is 247 g/mol. The summed E-state index contributed by atoms with van der Waals surface area (Å²) in [5.41, 5.74) is 6.19. The van der Waals surface area contributed by atoms with Crippen LogP contribution in [0.3, 0.4) is 0 Å². The van der Waals surface area contributed by atoms with Crippen molar-refractivity contribution in [2.45, 2.75) is 6.54 Å². The van der Waals surface area contributed by atoms with Crippen molar-refractivity contribution in [1.29, 1.82) is 0 Å². The van der Waals surface area contributed by atoms with E-state index in [1.165, 1.54) is 12.3 Å². The van der Waals surface area contributed by atoms with Crippen molar-refractivity contribution in [2.24, 2.45) is 0 Å². The molecule has 18 heavy (non-hydrogen) atoms. The number of carboxylic acid groups (broad SMARTS) is 1. The molecule has 0 unspecified atom stereocenters. The number of rotatable bonds is 4.